The topological polar surface area (TPSA) is 41.5 Å². The molecule has 3 nitrogen and oxygen atoms in total. The smallest absolute Gasteiger partial charge is 0.125 e. The van der Waals surface area contributed by atoms with E-state index in [1.807, 2.05) is 6.07 Å². The van der Waals surface area contributed by atoms with Crippen LogP contribution < -0.4 is 5.32 Å². The van der Waals surface area contributed by atoms with E-state index in [-0.39, 0.29) is 11.9 Å². The predicted octanol–water partition coefficient (Wildman–Crippen LogP) is 1.84. The van der Waals surface area contributed by atoms with Crippen molar-refractivity contribution in [2.24, 2.45) is 0 Å². The average Bonchev–Trinajstić information content (AvgIpc) is 2.79. The first-order valence-electron chi connectivity index (χ1n) is 5.45. The molecule has 1 fully saturated rings. The Morgan fingerprint density at radius 2 is 2.31 bits per heavy atom. The van der Waals surface area contributed by atoms with E-state index in [1.165, 1.54) is 0 Å². The van der Waals surface area contributed by atoms with E-state index in [1.54, 1.807) is 18.2 Å². The predicted molar refractivity (Wildman–Crippen MR) is 66.8 cm³/mol. The maximum absolute atomic E-state index is 9.61. The Kier molecular flexibility index (Phi) is 3.74. The van der Waals surface area contributed by atoms with E-state index in [2.05, 4.69) is 5.32 Å². The molecule has 0 unspecified atom stereocenters. The summed E-state index contributed by atoms with van der Waals surface area (Å²) in [4.78, 5) is 0.577. The summed E-state index contributed by atoms with van der Waals surface area (Å²) in [6.07, 6.45) is 2.45. The first-order chi connectivity index (χ1) is 7.77. The van der Waals surface area contributed by atoms with Crippen molar-refractivity contribution < 1.29 is 9.84 Å². The van der Waals surface area contributed by atoms with Gasteiger partial charge in [0.05, 0.1) is 11.7 Å². The van der Waals surface area contributed by atoms with E-state index in [4.69, 9.17) is 17.0 Å². The maximum atomic E-state index is 9.61. The highest BCUT2D eigenvalue weighted by Crippen LogP contribution is 2.16. The Morgan fingerprint density at radius 3 is 3.00 bits per heavy atom. The number of benzene rings is 1. The van der Waals surface area contributed by atoms with Crippen LogP contribution in [0.2, 0.25) is 0 Å². The van der Waals surface area contributed by atoms with Gasteiger partial charge in [0.25, 0.3) is 0 Å². The molecule has 16 heavy (non-hydrogen) atoms. The standard InChI is InChI=1S/C12H15NO2S/c14-11-6-2-1-5-10(11)12(16)13-8-9-4-3-7-15-9/h1-2,5-6,9,14H,3-4,7-8H2,(H,13,16)/t9-/m1/s1. The molecule has 4 heteroatoms. The molecule has 1 heterocycles. The first-order valence-corrected chi connectivity index (χ1v) is 5.86. The van der Waals surface area contributed by atoms with E-state index in [0.717, 1.165) is 19.4 Å². The molecule has 2 rings (SSSR count). The lowest BCUT2D eigenvalue weighted by Gasteiger charge is -2.13. The van der Waals surface area contributed by atoms with E-state index < -0.39 is 0 Å². The number of thiocarbonyl (C=S) groups is 1. The van der Waals surface area contributed by atoms with Crippen LogP contribution in [0.15, 0.2) is 24.3 Å². The minimum Gasteiger partial charge on any atom is -0.507 e. The molecule has 0 saturated carbocycles. The molecule has 0 aromatic heterocycles. The van der Waals surface area contributed by atoms with Crippen molar-refractivity contribution in [3.05, 3.63) is 29.8 Å². The van der Waals surface area contributed by atoms with Gasteiger partial charge in [0.1, 0.15) is 10.7 Å². The molecule has 1 atom stereocenters. The summed E-state index contributed by atoms with van der Waals surface area (Å²) in [5, 5.41) is 12.7. The van der Waals surface area contributed by atoms with Gasteiger partial charge in [-0.25, -0.2) is 0 Å². The zero-order chi connectivity index (χ0) is 11.4. The molecule has 0 aliphatic carbocycles. The van der Waals surface area contributed by atoms with Crippen molar-refractivity contribution in [3.63, 3.8) is 0 Å². The van der Waals surface area contributed by atoms with Crippen molar-refractivity contribution in [1.29, 1.82) is 0 Å². The van der Waals surface area contributed by atoms with Gasteiger partial charge < -0.3 is 15.2 Å². The first kappa shape index (κ1) is 11.4. The number of para-hydroxylation sites is 1. The zero-order valence-electron chi connectivity index (χ0n) is 8.98. The third-order valence-corrected chi connectivity index (χ3v) is 3.03. The summed E-state index contributed by atoms with van der Waals surface area (Å²) < 4.78 is 5.48. The third-order valence-electron chi connectivity index (χ3n) is 2.66. The number of aromatic hydroxyl groups is 1. The number of phenols is 1. The van der Waals surface area contributed by atoms with Gasteiger partial charge in [0.2, 0.25) is 0 Å². The van der Waals surface area contributed by atoms with Crippen LogP contribution in [0.25, 0.3) is 0 Å². The fraction of sp³-hybridized carbons (Fsp3) is 0.417. The maximum Gasteiger partial charge on any atom is 0.125 e. The number of nitrogens with one attached hydrogen (secondary N) is 1. The molecule has 1 aromatic rings. The summed E-state index contributed by atoms with van der Waals surface area (Å²) in [5.74, 6) is 0.215. The van der Waals surface area contributed by atoms with Gasteiger partial charge in [-0.05, 0) is 25.0 Å². The molecule has 1 saturated heterocycles. The van der Waals surface area contributed by atoms with Gasteiger partial charge in [-0.3, -0.25) is 0 Å². The number of ether oxygens (including phenoxy) is 1. The van der Waals surface area contributed by atoms with Crippen molar-refractivity contribution in [1.82, 2.24) is 5.32 Å². The van der Waals surface area contributed by atoms with E-state index in [9.17, 15) is 5.11 Å². The van der Waals surface area contributed by atoms with Crippen LogP contribution in [-0.4, -0.2) is 29.4 Å². The Morgan fingerprint density at radius 1 is 1.50 bits per heavy atom. The van der Waals surface area contributed by atoms with Crippen LogP contribution >= 0.6 is 12.2 Å². The van der Waals surface area contributed by atoms with E-state index >= 15 is 0 Å². The quantitative estimate of drug-likeness (QED) is 0.787. The summed E-state index contributed by atoms with van der Waals surface area (Å²) >= 11 is 5.22. The number of hydrogen-bond acceptors (Lipinski definition) is 3. The molecule has 0 bridgehead atoms. The second-order valence-electron chi connectivity index (χ2n) is 3.86. The Labute approximate surface area is 100 Å². The SMILES string of the molecule is Oc1ccccc1C(=S)NC[C@H]1CCCO1. The van der Waals surface area contributed by atoms with Crippen LogP contribution in [0.4, 0.5) is 0 Å². The third kappa shape index (κ3) is 2.71. The minimum absolute atomic E-state index is 0.215. The van der Waals surface area contributed by atoms with Crippen LogP contribution in [-0.2, 0) is 4.74 Å². The highest BCUT2D eigenvalue weighted by molar-refractivity contribution is 7.80. The minimum atomic E-state index is 0.215. The Hall–Kier alpha value is -1.13. The molecule has 0 spiro atoms. The van der Waals surface area contributed by atoms with Crippen LogP contribution in [0.5, 0.6) is 5.75 Å². The normalized spacial score (nSPS) is 19.6. The molecule has 1 aromatic carbocycles. The summed E-state index contributed by atoms with van der Waals surface area (Å²) in [7, 11) is 0. The summed E-state index contributed by atoms with van der Waals surface area (Å²) in [6.45, 7) is 1.56. The van der Waals surface area contributed by atoms with Gasteiger partial charge >= 0.3 is 0 Å². The van der Waals surface area contributed by atoms with Crippen LogP contribution in [0.3, 0.4) is 0 Å². The second kappa shape index (κ2) is 5.27. The Bertz CT molecular complexity index is 375. The number of rotatable bonds is 3. The Balaban J connectivity index is 1.90. The number of hydrogen-bond donors (Lipinski definition) is 2. The molecule has 2 N–H and O–H groups in total. The molecular formula is C12H15NO2S. The molecule has 1 aliphatic rings. The molecule has 0 radical (unpaired) electrons. The van der Waals surface area contributed by atoms with Gasteiger partial charge in [0.15, 0.2) is 0 Å². The van der Waals surface area contributed by atoms with Crippen molar-refractivity contribution in [2.75, 3.05) is 13.2 Å². The van der Waals surface area contributed by atoms with Crippen molar-refractivity contribution in [3.8, 4) is 5.75 Å². The average molecular weight is 237 g/mol. The van der Waals surface area contributed by atoms with Gasteiger partial charge in [0, 0.05) is 13.2 Å². The lowest BCUT2D eigenvalue weighted by molar-refractivity contribution is 0.114. The molecule has 0 amide bonds. The summed E-state index contributed by atoms with van der Waals surface area (Å²) in [5.41, 5.74) is 0.676. The fourth-order valence-electron chi connectivity index (χ4n) is 1.77. The van der Waals surface area contributed by atoms with Crippen LogP contribution in [0.1, 0.15) is 18.4 Å². The fourth-order valence-corrected chi connectivity index (χ4v) is 2.03. The van der Waals surface area contributed by atoms with Gasteiger partial charge in [-0.1, -0.05) is 24.4 Å². The van der Waals surface area contributed by atoms with Crippen molar-refractivity contribution >= 4 is 17.2 Å². The van der Waals surface area contributed by atoms with Gasteiger partial charge in [-0.15, -0.1) is 0 Å². The molecular weight excluding hydrogens is 222 g/mol. The highest BCUT2D eigenvalue weighted by Gasteiger charge is 2.16. The zero-order valence-corrected chi connectivity index (χ0v) is 9.80. The molecule has 86 valence electrons. The molecule has 1 aliphatic heterocycles. The second-order valence-corrected chi connectivity index (χ2v) is 4.27. The number of phenolic OH excluding ortho intramolecular Hbond substituents is 1. The largest absolute Gasteiger partial charge is 0.507 e. The lowest BCUT2D eigenvalue weighted by atomic mass is 10.2. The summed E-state index contributed by atoms with van der Waals surface area (Å²) in [6, 6.07) is 7.08. The lowest BCUT2D eigenvalue weighted by Crippen LogP contribution is -2.31. The highest BCUT2D eigenvalue weighted by atomic mass is 32.1. The monoisotopic (exact) mass is 237 g/mol. The van der Waals surface area contributed by atoms with Crippen LogP contribution in [0, 0.1) is 0 Å². The van der Waals surface area contributed by atoms with Crippen molar-refractivity contribution in [2.45, 2.75) is 18.9 Å². The van der Waals surface area contributed by atoms with Gasteiger partial charge in [-0.2, -0.15) is 0 Å². The van der Waals surface area contributed by atoms with E-state index in [0.29, 0.717) is 17.1 Å².